The Labute approximate surface area is 182 Å². The van der Waals surface area contributed by atoms with Crippen molar-refractivity contribution in [2.45, 2.75) is 45.9 Å². The molecule has 154 valence electrons. The first-order valence-corrected chi connectivity index (χ1v) is 9.17. The third-order valence-electron chi connectivity index (χ3n) is 3.98. The number of aliphatic imine (C=N–C) groups is 1. The SMILES string of the molecule is CCNC(=NCc1nnc2ccccn12)NC1CN(C(=O)OC(C)(C)C)C1.I. The highest BCUT2D eigenvalue weighted by Gasteiger charge is 2.34. The Hall–Kier alpha value is -2.11. The molecule has 2 aromatic heterocycles. The summed E-state index contributed by atoms with van der Waals surface area (Å²) in [6, 6.07) is 5.91. The van der Waals surface area contributed by atoms with Gasteiger partial charge in [0.2, 0.25) is 0 Å². The summed E-state index contributed by atoms with van der Waals surface area (Å²) in [5.41, 5.74) is 0.320. The lowest BCUT2D eigenvalue weighted by Crippen LogP contribution is -2.63. The number of amides is 1. The fourth-order valence-corrected chi connectivity index (χ4v) is 2.71. The Kier molecular flexibility index (Phi) is 7.44. The number of nitrogens with zero attached hydrogens (tertiary/aromatic N) is 5. The molecular formula is C18H28IN7O2. The molecule has 1 aliphatic heterocycles. The number of likely N-dealkylation sites (tertiary alicyclic amines) is 1. The third-order valence-corrected chi connectivity index (χ3v) is 3.98. The smallest absolute Gasteiger partial charge is 0.410 e. The van der Waals surface area contributed by atoms with Crippen LogP contribution in [-0.2, 0) is 11.3 Å². The summed E-state index contributed by atoms with van der Waals surface area (Å²) in [7, 11) is 0. The molecule has 3 heterocycles. The summed E-state index contributed by atoms with van der Waals surface area (Å²) >= 11 is 0. The zero-order valence-corrected chi connectivity index (χ0v) is 19.0. The number of pyridine rings is 1. The number of halogens is 1. The van der Waals surface area contributed by atoms with Crippen LogP contribution in [0.4, 0.5) is 4.79 Å². The van der Waals surface area contributed by atoms with Crippen molar-refractivity contribution in [1.82, 2.24) is 30.1 Å². The first kappa shape index (κ1) is 22.2. The number of carbonyl (C=O) groups is 1. The van der Waals surface area contributed by atoms with Gasteiger partial charge in [0.1, 0.15) is 12.1 Å². The van der Waals surface area contributed by atoms with Gasteiger partial charge in [-0.3, -0.25) is 4.40 Å². The summed E-state index contributed by atoms with van der Waals surface area (Å²) < 4.78 is 7.29. The maximum atomic E-state index is 12.0. The molecule has 10 heteroatoms. The Morgan fingerprint density at radius 2 is 2.07 bits per heavy atom. The summed E-state index contributed by atoms with van der Waals surface area (Å²) in [6.07, 6.45) is 1.64. The van der Waals surface area contributed by atoms with E-state index in [1.54, 1.807) is 4.90 Å². The van der Waals surface area contributed by atoms with Crippen molar-refractivity contribution < 1.29 is 9.53 Å². The molecule has 28 heavy (non-hydrogen) atoms. The van der Waals surface area contributed by atoms with Crippen LogP contribution in [0, 0.1) is 0 Å². The quantitative estimate of drug-likeness (QED) is 0.378. The number of fused-ring (bicyclic) bond motifs is 1. The predicted molar refractivity (Wildman–Crippen MR) is 118 cm³/mol. The fourth-order valence-electron chi connectivity index (χ4n) is 2.71. The van der Waals surface area contributed by atoms with Crippen LogP contribution in [0.15, 0.2) is 29.4 Å². The zero-order chi connectivity index (χ0) is 19.4. The largest absolute Gasteiger partial charge is 0.444 e. The summed E-state index contributed by atoms with van der Waals surface area (Å²) in [5.74, 6) is 1.46. The van der Waals surface area contributed by atoms with Crippen LogP contribution in [0.5, 0.6) is 0 Å². The Morgan fingerprint density at radius 3 is 2.75 bits per heavy atom. The third kappa shape index (κ3) is 5.69. The van der Waals surface area contributed by atoms with E-state index in [9.17, 15) is 4.79 Å². The highest BCUT2D eigenvalue weighted by Crippen LogP contribution is 2.15. The summed E-state index contributed by atoms with van der Waals surface area (Å²) in [4.78, 5) is 18.3. The summed E-state index contributed by atoms with van der Waals surface area (Å²) in [6.45, 7) is 9.94. The molecule has 0 aliphatic carbocycles. The van der Waals surface area contributed by atoms with Crippen molar-refractivity contribution >= 4 is 41.7 Å². The van der Waals surface area contributed by atoms with Crippen LogP contribution in [0.2, 0.25) is 0 Å². The van der Waals surface area contributed by atoms with E-state index in [1.165, 1.54) is 0 Å². The number of rotatable bonds is 4. The molecule has 0 aromatic carbocycles. The van der Waals surface area contributed by atoms with Gasteiger partial charge in [0, 0.05) is 25.8 Å². The lowest BCUT2D eigenvalue weighted by Gasteiger charge is -2.40. The van der Waals surface area contributed by atoms with Gasteiger partial charge in [-0.25, -0.2) is 9.79 Å². The van der Waals surface area contributed by atoms with Gasteiger partial charge in [-0.2, -0.15) is 0 Å². The van der Waals surface area contributed by atoms with Gasteiger partial charge in [-0.1, -0.05) is 6.07 Å². The molecule has 2 N–H and O–H groups in total. The van der Waals surface area contributed by atoms with Gasteiger partial charge in [-0.15, -0.1) is 34.2 Å². The highest BCUT2D eigenvalue weighted by molar-refractivity contribution is 14.0. The molecule has 0 spiro atoms. The molecular weight excluding hydrogens is 473 g/mol. The summed E-state index contributed by atoms with van der Waals surface area (Å²) in [5, 5.41) is 14.9. The number of hydrogen-bond donors (Lipinski definition) is 2. The van der Waals surface area contributed by atoms with Crippen LogP contribution < -0.4 is 10.6 Å². The normalized spacial score (nSPS) is 15.0. The second-order valence-corrected chi connectivity index (χ2v) is 7.47. The van der Waals surface area contributed by atoms with E-state index < -0.39 is 5.60 Å². The second kappa shape index (κ2) is 9.39. The number of guanidine groups is 1. The minimum atomic E-state index is -0.479. The monoisotopic (exact) mass is 501 g/mol. The zero-order valence-electron chi connectivity index (χ0n) is 16.7. The molecule has 2 aromatic rings. The highest BCUT2D eigenvalue weighted by atomic mass is 127. The van der Waals surface area contributed by atoms with Crippen LogP contribution in [-0.4, -0.2) is 62.8 Å². The maximum absolute atomic E-state index is 12.0. The first-order valence-electron chi connectivity index (χ1n) is 9.17. The van der Waals surface area contributed by atoms with Gasteiger partial charge in [0.05, 0.1) is 6.04 Å². The lowest BCUT2D eigenvalue weighted by molar-refractivity contribution is 0.00701. The molecule has 0 bridgehead atoms. The van der Waals surface area contributed by atoms with Crippen molar-refractivity contribution in [1.29, 1.82) is 0 Å². The number of nitrogens with one attached hydrogen (secondary N) is 2. The van der Waals surface area contributed by atoms with E-state index in [1.807, 2.05) is 56.5 Å². The molecule has 0 atom stereocenters. The molecule has 9 nitrogen and oxygen atoms in total. The van der Waals surface area contributed by atoms with Crippen molar-refractivity contribution in [3.05, 3.63) is 30.2 Å². The Bertz CT molecular complexity index is 825. The van der Waals surface area contributed by atoms with E-state index in [-0.39, 0.29) is 36.1 Å². The minimum absolute atomic E-state index is 0. The van der Waals surface area contributed by atoms with Gasteiger partial charge < -0.3 is 20.3 Å². The van der Waals surface area contributed by atoms with Gasteiger partial charge in [0.25, 0.3) is 0 Å². The Balaban J connectivity index is 0.00000280. The van der Waals surface area contributed by atoms with E-state index in [0.29, 0.717) is 25.6 Å². The van der Waals surface area contributed by atoms with Crippen LogP contribution >= 0.6 is 24.0 Å². The minimum Gasteiger partial charge on any atom is -0.444 e. The lowest BCUT2D eigenvalue weighted by atomic mass is 10.1. The van der Waals surface area contributed by atoms with Gasteiger partial charge >= 0.3 is 6.09 Å². The van der Waals surface area contributed by atoms with E-state index in [2.05, 4.69) is 25.8 Å². The van der Waals surface area contributed by atoms with Crippen LogP contribution in [0.3, 0.4) is 0 Å². The van der Waals surface area contributed by atoms with Crippen LogP contribution in [0.1, 0.15) is 33.5 Å². The second-order valence-electron chi connectivity index (χ2n) is 7.47. The van der Waals surface area contributed by atoms with E-state index in [4.69, 9.17) is 4.74 Å². The number of aromatic nitrogens is 3. The molecule has 1 fully saturated rings. The average Bonchev–Trinajstić information content (AvgIpc) is 2.97. The average molecular weight is 501 g/mol. The molecule has 0 radical (unpaired) electrons. The van der Waals surface area contributed by atoms with Gasteiger partial charge in [0.15, 0.2) is 17.4 Å². The van der Waals surface area contributed by atoms with Crippen molar-refractivity contribution in [3.63, 3.8) is 0 Å². The maximum Gasteiger partial charge on any atom is 0.410 e. The molecule has 0 unspecified atom stereocenters. The predicted octanol–water partition coefficient (Wildman–Crippen LogP) is 2.02. The standard InChI is InChI=1S/C18H27N7O2.HI/c1-5-19-16(20-10-15-23-22-14-8-6-7-9-25(14)15)21-13-11-24(12-13)17(26)27-18(2,3)4;/h6-9,13H,5,10-12H2,1-4H3,(H2,19,20,21);1H. The van der Waals surface area contributed by atoms with Gasteiger partial charge in [-0.05, 0) is 39.8 Å². The van der Waals surface area contributed by atoms with Crippen LogP contribution in [0.25, 0.3) is 5.65 Å². The topological polar surface area (TPSA) is 96.1 Å². The van der Waals surface area contributed by atoms with Crippen molar-refractivity contribution in [2.24, 2.45) is 4.99 Å². The molecule has 0 saturated carbocycles. The van der Waals surface area contributed by atoms with Crippen molar-refractivity contribution in [2.75, 3.05) is 19.6 Å². The first-order chi connectivity index (χ1) is 12.9. The fraction of sp³-hybridized carbons (Fsp3) is 0.556. The number of hydrogen-bond acceptors (Lipinski definition) is 5. The molecule has 1 amide bonds. The van der Waals surface area contributed by atoms with E-state index >= 15 is 0 Å². The van der Waals surface area contributed by atoms with E-state index in [0.717, 1.165) is 18.0 Å². The Morgan fingerprint density at radius 1 is 1.32 bits per heavy atom. The molecule has 1 saturated heterocycles. The molecule has 1 aliphatic rings. The molecule has 3 rings (SSSR count). The van der Waals surface area contributed by atoms with Crippen molar-refractivity contribution in [3.8, 4) is 0 Å². The number of carbonyl (C=O) groups excluding carboxylic acids is 1. The number of ether oxygens (including phenoxy) is 1.